The van der Waals surface area contributed by atoms with Crippen LogP contribution >= 0.6 is 0 Å². The number of fused-ring (bicyclic) bond motifs is 1. The second kappa shape index (κ2) is 2.05. The van der Waals surface area contributed by atoms with E-state index in [1.807, 2.05) is 12.2 Å². The van der Waals surface area contributed by atoms with Crippen LogP contribution in [0.4, 0.5) is 0 Å². The van der Waals surface area contributed by atoms with Gasteiger partial charge in [-0.3, -0.25) is 0 Å². The molecule has 2 rings (SSSR count). The van der Waals surface area contributed by atoms with Crippen molar-refractivity contribution in [3.8, 4) is 0 Å². The van der Waals surface area contributed by atoms with Crippen LogP contribution in [0.2, 0.25) is 0 Å². The van der Waals surface area contributed by atoms with Gasteiger partial charge in [-0.2, -0.15) is 0 Å². The number of aliphatic hydroxyl groups excluding tert-OH is 2. The zero-order valence-corrected chi connectivity index (χ0v) is 5.47. The molecule has 3 nitrogen and oxygen atoms in total. The van der Waals surface area contributed by atoms with Crippen LogP contribution in [0.1, 0.15) is 6.42 Å². The second-order valence-corrected chi connectivity index (χ2v) is 2.81. The first kappa shape index (κ1) is 6.34. The highest BCUT2D eigenvalue weighted by Gasteiger charge is 2.42. The Bertz CT molecular complexity index is 166. The van der Waals surface area contributed by atoms with Crippen LogP contribution in [-0.4, -0.2) is 28.7 Å². The average molecular weight is 142 g/mol. The van der Waals surface area contributed by atoms with Gasteiger partial charge >= 0.3 is 0 Å². The molecule has 1 saturated heterocycles. The maximum absolute atomic E-state index is 9.25. The number of ether oxygens (including phenoxy) is 1. The standard InChI is InChI=1S/C7H10O3/c8-6-4-2-1-3-5(4)10-7(6)9/h1,3-9H,2H2/t4?,5?,6?,7-/m1/s1. The van der Waals surface area contributed by atoms with Gasteiger partial charge in [0.25, 0.3) is 0 Å². The molecule has 1 fully saturated rings. The fourth-order valence-electron chi connectivity index (χ4n) is 1.58. The van der Waals surface area contributed by atoms with Gasteiger partial charge in [-0.15, -0.1) is 0 Å². The molecule has 2 N–H and O–H groups in total. The minimum absolute atomic E-state index is 0.0509. The second-order valence-electron chi connectivity index (χ2n) is 2.81. The van der Waals surface area contributed by atoms with E-state index >= 15 is 0 Å². The van der Waals surface area contributed by atoms with Crippen molar-refractivity contribution in [3.05, 3.63) is 12.2 Å². The predicted molar refractivity (Wildman–Crippen MR) is 34.1 cm³/mol. The molecule has 0 spiro atoms. The third-order valence-electron chi connectivity index (χ3n) is 2.18. The van der Waals surface area contributed by atoms with E-state index < -0.39 is 12.4 Å². The fourth-order valence-corrected chi connectivity index (χ4v) is 1.58. The first-order chi connectivity index (χ1) is 4.79. The van der Waals surface area contributed by atoms with Crippen molar-refractivity contribution in [2.45, 2.75) is 24.9 Å². The van der Waals surface area contributed by atoms with Gasteiger partial charge in [0, 0.05) is 5.92 Å². The largest absolute Gasteiger partial charge is 0.387 e. The Morgan fingerprint density at radius 1 is 1.40 bits per heavy atom. The number of aliphatic hydroxyl groups is 2. The summed E-state index contributed by atoms with van der Waals surface area (Å²) in [6.45, 7) is 0. The predicted octanol–water partition coefficient (Wildman–Crippen LogP) is -0.359. The highest BCUT2D eigenvalue weighted by atomic mass is 16.6. The Labute approximate surface area is 58.9 Å². The lowest BCUT2D eigenvalue weighted by Crippen LogP contribution is -2.25. The smallest absolute Gasteiger partial charge is 0.181 e. The van der Waals surface area contributed by atoms with Gasteiger partial charge in [-0.1, -0.05) is 12.2 Å². The zero-order chi connectivity index (χ0) is 7.14. The van der Waals surface area contributed by atoms with Gasteiger partial charge in [-0.05, 0) is 6.42 Å². The van der Waals surface area contributed by atoms with Crippen molar-refractivity contribution in [1.29, 1.82) is 0 Å². The fraction of sp³-hybridized carbons (Fsp3) is 0.714. The van der Waals surface area contributed by atoms with Gasteiger partial charge < -0.3 is 14.9 Å². The summed E-state index contributed by atoms with van der Waals surface area (Å²) >= 11 is 0. The molecule has 0 aromatic heterocycles. The van der Waals surface area contributed by atoms with Crippen LogP contribution in [0.15, 0.2) is 12.2 Å². The number of allylic oxidation sites excluding steroid dienone is 1. The number of hydrogen-bond acceptors (Lipinski definition) is 3. The maximum Gasteiger partial charge on any atom is 0.181 e. The topological polar surface area (TPSA) is 49.7 Å². The first-order valence-corrected chi connectivity index (χ1v) is 3.47. The summed E-state index contributed by atoms with van der Waals surface area (Å²) in [5.41, 5.74) is 0. The van der Waals surface area contributed by atoms with Gasteiger partial charge in [0.1, 0.15) is 6.10 Å². The van der Waals surface area contributed by atoms with Crippen molar-refractivity contribution in [2.75, 3.05) is 0 Å². The van der Waals surface area contributed by atoms with Crippen LogP contribution < -0.4 is 0 Å². The van der Waals surface area contributed by atoms with E-state index in [0.717, 1.165) is 6.42 Å². The first-order valence-electron chi connectivity index (χ1n) is 3.47. The molecule has 56 valence electrons. The maximum atomic E-state index is 9.25. The van der Waals surface area contributed by atoms with Crippen LogP contribution in [0.3, 0.4) is 0 Å². The average Bonchev–Trinajstić information content (AvgIpc) is 2.41. The van der Waals surface area contributed by atoms with E-state index in [1.54, 1.807) is 0 Å². The lowest BCUT2D eigenvalue weighted by Gasteiger charge is -2.09. The van der Waals surface area contributed by atoms with Gasteiger partial charge in [-0.25, -0.2) is 0 Å². The Morgan fingerprint density at radius 2 is 2.20 bits per heavy atom. The van der Waals surface area contributed by atoms with Crippen molar-refractivity contribution in [1.82, 2.24) is 0 Å². The molecule has 3 heteroatoms. The summed E-state index contributed by atoms with van der Waals surface area (Å²) in [4.78, 5) is 0. The lowest BCUT2D eigenvalue weighted by atomic mass is 10.0. The zero-order valence-electron chi connectivity index (χ0n) is 5.47. The highest BCUT2D eigenvalue weighted by molar-refractivity contribution is 5.08. The molecule has 3 unspecified atom stereocenters. The Kier molecular flexibility index (Phi) is 1.30. The molecule has 1 aliphatic heterocycles. The summed E-state index contributed by atoms with van der Waals surface area (Å²) in [5.74, 6) is 0.0926. The quantitative estimate of drug-likeness (QED) is 0.454. The van der Waals surface area contributed by atoms with Crippen molar-refractivity contribution in [2.24, 2.45) is 5.92 Å². The molecule has 1 aliphatic carbocycles. The molecule has 0 aromatic rings. The van der Waals surface area contributed by atoms with Crippen molar-refractivity contribution < 1.29 is 14.9 Å². The Morgan fingerprint density at radius 3 is 2.90 bits per heavy atom. The molecule has 4 atom stereocenters. The molecular weight excluding hydrogens is 132 g/mol. The molecule has 0 radical (unpaired) electrons. The molecule has 2 aliphatic rings. The SMILES string of the molecule is OC1C2CC=CC2O[C@H]1O. The molecule has 1 heterocycles. The van der Waals surface area contributed by atoms with E-state index in [-0.39, 0.29) is 12.0 Å². The third kappa shape index (κ3) is 0.714. The van der Waals surface area contributed by atoms with Crippen LogP contribution in [-0.2, 0) is 4.74 Å². The highest BCUT2D eigenvalue weighted by Crippen LogP contribution is 2.33. The summed E-state index contributed by atoms with van der Waals surface area (Å²) in [6, 6.07) is 0. The van der Waals surface area contributed by atoms with E-state index in [0.29, 0.717) is 0 Å². The Hall–Kier alpha value is -0.380. The minimum Gasteiger partial charge on any atom is -0.387 e. The van der Waals surface area contributed by atoms with Gasteiger partial charge in [0.15, 0.2) is 6.29 Å². The summed E-state index contributed by atoms with van der Waals surface area (Å²) in [6.07, 6.45) is 2.97. The third-order valence-corrected chi connectivity index (χ3v) is 2.18. The summed E-state index contributed by atoms with van der Waals surface area (Å²) in [5, 5.41) is 18.3. The number of hydrogen-bond donors (Lipinski definition) is 2. The van der Waals surface area contributed by atoms with E-state index in [9.17, 15) is 5.11 Å². The molecule has 0 saturated carbocycles. The van der Waals surface area contributed by atoms with Gasteiger partial charge in [0.2, 0.25) is 0 Å². The lowest BCUT2D eigenvalue weighted by molar-refractivity contribution is -0.120. The van der Waals surface area contributed by atoms with Gasteiger partial charge in [0.05, 0.1) is 6.10 Å². The minimum atomic E-state index is -0.972. The van der Waals surface area contributed by atoms with E-state index in [1.165, 1.54) is 0 Å². The molecular formula is C7H10O3. The molecule has 0 aromatic carbocycles. The van der Waals surface area contributed by atoms with Crippen molar-refractivity contribution >= 4 is 0 Å². The summed E-state index contributed by atoms with van der Waals surface area (Å²) < 4.78 is 5.02. The Balaban J connectivity index is 2.15. The molecule has 0 bridgehead atoms. The monoisotopic (exact) mass is 142 g/mol. The van der Waals surface area contributed by atoms with Crippen molar-refractivity contribution in [3.63, 3.8) is 0 Å². The molecule has 0 amide bonds. The molecule has 10 heavy (non-hydrogen) atoms. The van der Waals surface area contributed by atoms with Crippen LogP contribution in [0, 0.1) is 5.92 Å². The van der Waals surface area contributed by atoms with E-state index in [4.69, 9.17) is 9.84 Å². The van der Waals surface area contributed by atoms with Crippen LogP contribution in [0.5, 0.6) is 0 Å². The summed E-state index contributed by atoms with van der Waals surface area (Å²) in [7, 11) is 0. The van der Waals surface area contributed by atoms with Crippen LogP contribution in [0.25, 0.3) is 0 Å². The number of rotatable bonds is 0. The van der Waals surface area contributed by atoms with E-state index in [2.05, 4.69) is 0 Å². The normalized spacial score (nSPS) is 51.8.